The average Bonchev–Trinajstić information content (AvgIpc) is 1.85. The molecule has 13 nitrogen and oxygen atoms in total. The van der Waals surface area contributed by atoms with Crippen molar-refractivity contribution < 1.29 is 38.4 Å². The smallest absolute Gasteiger partial charge is 0.163 e. The van der Waals surface area contributed by atoms with Crippen LogP contribution in [0.5, 0.6) is 0 Å². The van der Waals surface area contributed by atoms with Crippen LogP contribution in [0, 0.1) is 78.8 Å². The number of nitrogens with zero attached hydrogens (tertiary/aromatic N) is 4. The lowest BCUT2D eigenvalue weighted by molar-refractivity contribution is -0.126. The van der Waals surface area contributed by atoms with Crippen LogP contribution < -0.4 is 0 Å². The minimum absolute atomic E-state index is 0.0707. The van der Waals surface area contributed by atoms with Crippen molar-refractivity contribution >= 4 is 58.4 Å². The Balaban J connectivity index is -0.000000174. The van der Waals surface area contributed by atoms with E-state index in [1.807, 2.05) is 247 Å². The largest absolute Gasteiger partial charge is 0.345 e. The summed E-state index contributed by atoms with van der Waals surface area (Å²) in [6, 6.07) is 1.96. The van der Waals surface area contributed by atoms with Crippen LogP contribution in [0.4, 0.5) is 0 Å². The van der Waals surface area contributed by atoms with Crippen molar-refractivity contribution in [2.45, 2.75) is 321 Å². The van der Waals surface area contributed by atoms with Gasteiger partial charge in [-0.3, -0.25) is 43.0 Å². The third-order valence-corrected chi connectivity index (χ3v) is 14.8. The molecule has 2 aromatic heterocycles. The molecule has 3 aliphatic rings. The Morgan fingerprint density at radius 1 is 0.622 bits per heavy atom. The van der Waals surface area contributed by atoms with Gasteiger partial charge in [-0.2, -0.15) is 5.10 Å². The molecule has 0 saturated carbocycles. The summed E-state index contributed by atoms with van der Waals surface area (Å²) < 4.78 is 1.93. The second-order valence-corrected chi connectivity index (χ2v) is 39.4. The van der Waals surface area contributed by atoms with Crippen molar-refractivity contribution in [3.05, 3.63) is 146 Å². The maximum absolute atomic E-state index is 11.6. The van der Waals surface area contributed by atoms with Gasteiger partial charge in [0.1, 0.15) is 11.6 Å². The van der Waals surface area contributed by atoms with Crippen molar-refractivity contribution in [3.63, 3.8) is 0 Å². The van der Waals surface area contributed by atoms with Crippen molar-refractivity contribution in [1.82, 2.24) is 24.6 Å². The highest BCUT2D eigenvalue weighted by Crippen LogP contribution is 2.33. The van der Waals surface area contributed by atoms with Crippen LogP contribution in [-0.4, -0.2) is 91.6 Å². The molecule has 0 fully saturated rings. The Morgan fingerprint density at radius 2 is 1.04 bits per heavy atom. The van der Waals surface area contributed by atoms with Gasteiger partial charge in [-0.25, -0.2) is 4.98 Å². The van der Waals surface area contributed by atoms with E-state index >= 15 is 0 Å². The number of imidazole rings is 1. The monoisotopic (exact) mass is 1540 g/mol. The summed E-state index contributed by atoms with van der Waals surface area (Å²) in [4.78, 5) is 97.9. The SMILES string of the molecule is C#CC(C)C.C/C=C/C(=O)C(C)(C)C.C=CC(=O)C(C)(C)C.C=CC(C)(C)C.C=Cc1ccn(C(C)(C)C)n1.C=Cc1ncc[nH]1.CC(C)(C)C(=O)C1=CCC1.CC(C)(C)C(=O)C1=CCCC1.CC(C)(C)C1CC=CC1=O.CC(C)=CC(=O)C(C)(C)C.CC(C)C.CCC(=O)C(C)(C)C.CN(C)C/C=C/C(=O)C(C)(C)C. The summed E-state index contributed by atoms with van der Waals surface area (Å²) in [5.74, 6) is 6.76. The van der Waals surface area contributed by atoms with Gasteiger partial charge in [0.05, 0.1) is 11.2 Å². The first-order chi connectivity index (χ1) is 49.7. The lowest BCUT2D eigenvalue weighted by atomic mass is 9.79. The van der Waals surface area contributed by atoms with Gasteiger partial charge < -0.3 is 9.88 Å². The normalized spacial score (nSPS) is 13.7. The number of terminal acetylenes is 1. The van der Waals surface area contributed by atoms with E-state index in [9.17, 15) is 38.4 Å². The minimum atomic E-state index is -0.248. The number of carbonyl (C=O) groups is 8. The highest BCUT2D eigenvalue weighted by atomic mass is 16.2. The zero-order chi connectivity index (χ0) is 89.9. The molecule has 0 radical (unpaired) electrons. The molecule has 1 N–H and O–H groups in total. The molecule has 2 aromatic rings. The molecule has 0 spiro atoms. The Kier molecular flexibility index (Phi) is 62.1. The van der Waals surface area contributed by atoms with Crippen LogP contribution in [0.15, 0.2) is 135 Å². The lowest BCUT2D eigenvalue weighted by Gasteiger charge is -2.24. The van der Waals surface area contributed by atoms with E-state index in [0.717, 1.165) is 79.2 Å². The van der Waals surface area contributed by atoms with Gasteiger partial charge in [0.25, 0.3) is 0 Å². The van der Waals surface area contributed by atoms with Crippen molar-refractivity contribution in [1.29, 1.82) is 0 Å². The first-order valence-corrected chi connectivity index (χ1v) is 39.7. The molecule has 3 aliphatic carbocycles. The number of rotatable bonds is 11. The molecule has 111 heavy (non-hydrogen) atoms. The standard InChI is InChI=1S/C10H19NO.C10H16O.C9H14N2.2C9H14O.C9H16O.C8H14O.C7H14O.C7H12O.C6H12.C5H6N2.C5H8.C4H10/c1-10(2,3)9(12)7-6-8-11(4)5;1-10(2,3)9(11)8-6-4-5-7-8;1-5-8-6-7-11(10-8)9(2,3)4;1-9(2,3)7-5-4-6-8(7)10;1-9(2,3)8(10)7-5-4-6-7;1-7(2)6-8(10)9(3,4)5;1-5-6-7(9)8(2,3)4;2*1-5-6(8)7(2,3)4;1-5-6(2,3)4;1-2-5-6-3-4-7-5;1-4-5(2)3;1-4(2)3/h6-7H,8H2,1-5H3;6H,4-5,7H2,1-3H3;5-7H,1H2,2-4H3;4,6-7H,5H2,1-3H3;5H,4,6H2,1-3H3;6H,1-5H3;5-6H,1-4H3;5H2,1-4H3;5H,1H2,2-4H3;5H,1H2,2-4H3;2-4H,1H2,(H,6,7);1,5H,2-3H3;4H,1-3H3/b7-6+;;;;;;6-5+;;;;;;. The van der Waals surface area contributed by atoms with E-state index in [4.69, 9.17) is 6.42 Å². The van der Waals surface area contributed by atoms with E-state index in [2.05, 4.69) is 136 Å². The highest BCUT2D eigenvalue weighted by molar-refractivity contribution is 6.00. The van der Waals surface area contributed by atoms with Crippen LogP contribution >= 0.6 is 0 Å². The number of aromatic nitrogens is 4. The Hall–Kier alpha value is -7.30. The minimum Gasteiger partial charge on any atom is -0.345 e. The number of hydrogen-bond donors (Lipinski definition) is 1. The van der Waals surface area contributed by atoms with Crippen molar-refractivity contribution in [3.8, 4) is 12.3 Å². The van der Waals surface area contributed by atoms with Crippen LogP contribution in [0.3, 0.4) is 0 Å². The predicted octanol–water partition coefficient (Wildman–Crippen LogP) is 26.0. The number of ketones is 8. The molecule has 1 atom stereocenters. The summed E-state index contributed by atoms with van der Waals surface area (Å²) in [6.45, 7) is 92.7. The van der Waals surface area contributed by atoms with E-state index < -0.39 is 0 Å². The fourth-order valence-electron chi connectivity index (χ4n) is 7.22. The number of likely N-dealkylation sites (N-methyl/N-ethyl adjacent to an activating group) is 1. The van der Waals surface area contributed by atoms with Gasteiger partial charge in [-0.15, -0.1) is 18.9 Å². The molecule has 2 heterocycles. The number of hydrogen-bond acceptors (Lipinski definition) is 11. The second kappa shape index (κ2) is 57.7. The molecule has 0 saturated heterocycles. The summed E-state index contributed by atoms with van der Waals surface area (Å²) >= 11 is 0. The molecule has 0 aliphatic heterocycles. The number of aromatic amines is 1. The number of H-pyrrole nitrogens is 1. The molecule has 5 rings (SSSR count). The van der Waals surface area contributed by atoms with Gasteiger partial charge >= 0.3 is 0 Å². The molecule has 634 valence electrons. The summed E-state index contributed by atoms with van der Waals surface area (Å²) in [5, 5.41) is 4.30. The average molecular weight is 1550 g/mol. The Labute approximate surface area is 683 Å². The number of carbonyl (C=O) groups excluding carboxylic acids is 8. The number of nitrogens with one attached hydrogen (secondary N) is 1. The van der Waals surface area contributed by atoms with Crippen LogP contribution in [0.25, 0.3) is 12.2 Å². The van der Waals surface area contributed by atoms with Gasteiger partial charge in [0.15, 0.2) is 40.5 Å². The van der Waals surface area contributed by atoms with Crippen LogP contribution in [0.1, 0.15) is 326 Å². The Morgan fingerprint density at radius 3 is 1.19 bits per heavy atom. The van der Waals surface area contributed by atoms with Crippen LogP contribution in [-0.2, 0) is 43.9 Å². The molecular formula is C98H169N5O8. The zero-order valence-corrected chi connectivity index (χ0v) is 79.2. The van der Waals surface area contributed by atoms with Gasteiger partial charge in [-0.1, -0.05) is 290 Å². The summed E-state index contributed by atoms with van der Waals surface area (Å²) in [7, 11) is 3.96. The lowest BCUT2D eigenvalue weighted by Crippen LogP contribution is -2.24. The maximum Gasteiger partial charge on any atom is 0.163 e. The molecular weight excluding hydrogens is 1380 g/mol. The molecule has 0 aromatic carbocycles. The molecule has 1 unspecified atom stereocenters. The number of allylic oxidation sites excluding steroid dienone is 13. The predicted molar refractivity (Wildman–Crippen MR) is 484 cm³/mol. The topological polar surface area (TPSA) is 186 Å². The van der Waals surface area contributed by atoms with Gasteiger partial charge in [0.2, 0.25) is 0 Å². The first kappa shape index (κ1) is 119. The molecule has 0 bridgehead atoms. The third kappa shape index (κ3) is 72.7. The van der Waals surface area contributed by atoms with Crippen molar-refractivity contribution in [2.24, 2.45) is 66.5 Å². The summed E-state index contributed by atoms with van der Waals surface area (Å²) in [6.07, 6.45) is 40.4. The summed E-state index contributed by atoms with van der Waals surface area (Å²) in [5.41, 5.74) is 3.18. The van der Waals surface area contributed by atoms with Crippen LogP contribution in [0.2, 0.25) is 0 Å². The highest BCUT2D eigenvalue weighted by Gasteiger charge is 2.32. The van der Waals surface area contributed by atoms with E-state index in [1.54, 1.807) is 54.9 Å². The van der Waals surface area contributed by atoms with E-state index in [-0.39, 0.29) is 77.9 Å². The number of Topliss-reactive ketones (excluding diaryl/α,β-unsaturated/α-hetero) is 3. The van der Waals surface area contributed by atoms with E-state index in [1.165, 1.54) is 6.08 Å². The third-order valence-electron chi connectivity index (χ3n) is 14.8. The second-order valence-electron chi connectivity index (χ2n) is 39.4. The van der Waals surface area contributed by atoms with E-state index in [0.29, 0.717) is 40.9 Å². The molecule has 13 heteroatoms. The quantitative estimate of drug-likeness (QED) is 0.128. The maximum atomic E-state index is 11.6. The molecule has 0 amide bonds. The zero-order valence-electron chi connectivity index (χ0n) is 79.2. The van der Waals surface area contributed by atoms with Crippen molar-refractivity contribution in [2.75, 3.05) is 20.6 Å². The Bertz CT molecular complexity index is 3270. The van der Waals surface area contributed by atoms with Gasteiger partial charge in [0, 0.05) is 81.3 Å². The fraction of sp³-hybridized carbons (Fsp3) is 0.633. The fourth-order valence-corrected chi connectivity index (χ4v) is 7.22. The van der Waals surface area contributed by atoms with Gasteiger partial charge in [-0.05, 0) is 171 Å². The first-order valence-electron chi connectivity index (χ1n) is 39.7.